The Morgan fingerprint density at radius 3 is 1.33 bits per heavy atom. The predicted octanol–water partition coefficient (Wildman–Crippen LogP) is 1.53. The molecule has 0 rings (SSSR count). The van der Waals surface area contributed by atoms with Crippen LogP contribution in [0.2, 0.25) is 0 Å². The molecule has 2 nitrogen and oxygen atoms in total. The highest BCUT2D eigenvalue weighted by atomic mass is 35.5. The van der Waals surface area contributed by atoms with Gasteiger partial charge < -0.3 is 9.79 Å². The molecular formula is C3H11Cl2O2PS. The van der Waals surface area contributed by atoms with E-state index in [1.807, 2.05) is 0 Å². The Hall–Kier alpha value is 1.15. The quantitative estimate of drug-likeness (QED) is 0.649. The second kappa shape index (κ2) is 5.90. The molecule has 60 valence electrons. The van der Waals surface area contributed by atoms with Crippen molar-refractivity contribution in [3.05, 3.63) is 0 Å². The molecule has 0 fully saturated rings. The normalized spacial score (nSPS) is 9.89. The standard InChI is InChI=1S/C3H9O2PS.2ClH/c1-3(2)6(4,5)7;;/h3H,1-2H3,(H2,4,5,7);2*1H. The molecule has 9 heavy (non-hydrogen) atoms. The van der Waals surface area contributed by atoms with Gasteiger partial charge in [0.15, 0.2) is 6.49 Å². The number of rotatable bonds is 1. The molecule has 0 spiro atoms. The molecule has 0 radical (unpaired) electrons. The average Bonchev–Trinajstić information content (AvgIpc) is 1.31. The highest BCUT2D eigenvalue weighted by Gasteiger charge is 2.11. The Kier molecular flexibility index (Phi) is 10.9. The SMILES string of the molecule is CC(C)P(O)(O)=S.Cl.Cl. The van der Waals surface area contributed by atoms with E-state index in [1.54, 1.807) is 13.8 Å². The second-order valence-corrected chi connectivity index (χ2v) is 5.51. The highest BCUT2D eigenvalue weighted by molar-refractivity contribution is 8.09. The van der Waals surface area contributed by atoms with Gasteiger partial charge in [-0.1, -0.05) is 13.8 Å². The lowest BCUT2D eigenvalue weighted by Gasteiger charge is -2.09. The third-order valence-corrected chi connectivity index (χ3v) is 3.28. The maximum atomic E-state index is 8.58. The zero-order chi connectivity index (χ0) is 6.08. The Balaban J connectivity index is -0.000000180. The van der Waals surface area contributed by atoms with E-state index in [-0.39, 0.29) is 30.5 Å². The minimum Gasteiger partial charge on any atom is -0.345 e. The highest BCUT2D eigenvalue weighted by Crippen LogP contribution is 2.40. The van der Waals surface area contributed by atoms with Crippen LogP contribution < -0.4 is 0 Å². The molecule has 0 unspecified atom stereocenters. The minimum atomic E-state index is -2.90. The first-order chi connectivity index (χ1) is 2.94. The van der Waals surface area contributed by atoms with Crippen molar-refractivity contribution in [2.75, 3.05) is 0 Å². The van der Waals surface area contributed by atoms with Gasteiger partial charge in [0.2, 0.25) is 0 Å². The average molecular weight is 213 g/mol. The smallest absolute Gasteiger partial charge is 0.186 e. The van der Waals surface area contributed by atoms with E-state index in [4.69, 9.17) is 9.79 Å². The molecule has 0 atom stereocenters. The van der Waals surface area contributed by atoms with E-state index in [1.165, 1.54) is 0 Å². The maximum Gasteiger partial charge on any atom is 0.186 e. The summed E-state index contributed by atoms with van der Waals surface area (Å²) in [6.45, 7) is 0.486. The van der Waals surface area contributed by atoms with E-state index < -0.39 is 6.49 Å². The summed E-state index contributed by atoms with van der Waals surface area (Å²) in [5, 5.41) is 0. The lowest BCUT2D eigenvalue weighted by atomic mass is 10.6. The summed E-state index contributed by atoms with van der Waals surface area (Å²) in [7, 11) is 0. The van der Waals surface area contributed by atoms with Gasteiger partial charge in [0, 0.05) is 5.66 Å². The first-order valence-electron chi connectivity index (χ1n) is 2.00. The van der Waals surface area contributed by atoms with Crippen LogP contribution in [0, 0.1) is 0 Å². The number of halogens is 2. The van der Waals surface area contributed by atoms with Crippen molar-refractivity contribution in [1.29, 1.82) is 0 Å². The largest absolute Gasteiger partial charge is 0.345 e. The molecule has 0 aliphatic carbocycles. The Labute approximate surface area is 72.7 Å². The summed E-state index contributed by atoms with van der Waals surface area (Å²) < 4.78 is 0. The van der Waals surface area contributed by atoms with Gasteiger partial charge in [-0.25, -0.2) is 0 Å². The van der Waals surface area contributed by atoms with E-state index in [0.29, 0.717) is 0 Å². The van der Waals surface area contributed by atoms with Gasteiger partial charge in [-0.2, -0.15) is 0 Å². The van der Waals surface area contributed by atoms with Crippen molar-refractivity contribution in [3.63, 3.8) is 0 Å². The van der Waals surface area contributed by atoms with Crippen LogP contribution in [0.5, 0.6) is 0 Å². The Bertz CT molecular complexity index is 102. The zero-order valence-corrected chi connectivity index (χ0v) is 8.49. The fraction of sp³-hybridized carbons (Fsp3) is 1.00. The summed E-state index contributed by atoms with van der Waals surface area (Å²) in [5.41, 5.74) is -0.164. The molecule has 0 saturated heterocycles. The summed E-state index contributed by atoms with van der Waals surface area (Å²) in [5.74, 6) is 0. The lowest BCUT2D eigenvalue weighted by molar-refractivity contribution is 0.468. The van der Waals surface area contributed by atoms with Gasteiger partial charge in [0.05, 0.1) is 0 Å². The van der Waals surface area contributed by atoms with Crippen molar-refractivity contribution in [2.45, 2.75) is 19.5 Å². The summed E-state index contributed by atoms with van der Waals surface area (Å²) in [6, 6.07) is 0. The number of hydrogen-bond acceptors (Lipinski definition) is 1. The van der Waals surface area contributed by atoms with Gasteiger partial charge in [-0.05, 0) is 11.8 Å². The van der Waals surface area contributed by atoms with Gasteiger partial charge in [0.1, 0.15) is 0 Å². The van der Waals surface area contributed by atoms with E-state index >= 15 is 0 Å². The first kappa shape index (κ1) is 16.6. The van der Waals surface area contributed by atoms with Crippen molar-refractivity contribution >= 4 is 43.1 Å². The minimum absolute atomic E-state index is 0. The molecule has 0 heterocycles. The molecular weight excluding hydrogens is 202 g/mol. The Morgan fingerprint density at radius 2 is 1.33 bits per heavy atom. The molecule has 0 aromatic heterocycles. The molecule has 6 heteroatoms. The lowest BCUT2D eigenvalue weighted by Crippen LogP contribution is -1.93. The van der Waals surface area contributed by atoms with Gasteiger partial charge in [-0.15, -0.1) is 24.8 Å². The molecule has 0 aliphatic rings. The summed E-state index contributed by atoms with van der Waals surface area (Å²) in [6.07, 6.45) is 0. The van der Waals surface area contributed by atoms with Crippen molar-refractivity contribution in [3.8, 4) is 0 Å². The fourth-order valence-corrected chi connectivity index (χ4v) is 0. The first-order valence-corrected chi connectivity index (χ1v) is 4.77. The third kappa shape index (κ3) is 9.15. The van der Waals surface area contributed by atoms with E-state index in [0.717, 1.165) is 0 Å². The van der Waals surface area contributed by atoms with Crippen LogP contribution in [0.15, 0.2) is 0 Å². The molecule has 0 saturated carbocycles. The van der Waals surface area contributed by atoms with Crippen LogP contribution in [0.3, 0.4) is 0 Å². The van der Waals surface area contributed by atoms with E-state index in [9.17, 15) is 0 Å². The molecule has 0 amide bonds. The van der Waals surface area contributed by atoms with Crippen LogP contribution in [0.4, 0.5) is 0 Å². The third-order valence-electron chi connectivity index (χ3n) is 0.673. The molecule has 2 N–H and O–H groups in total. The van der Waals surface area contributed by atoms with E-state index in [2.05, 4.69) is 11.8 Å². The van der Waals surface area contributed by atoms with Crippen LogP contribution in [0.25, 0.3) is 0 Å². The second-order valence-electron chi connectivity index (χ2n) is 1.68. The zero-order valence-electron chi connectivity index (χ0n) is 5.14. The van der Waals surface area contributed by atoms with Crippen LogP contribution >= 0.6 is 31.3 Å². The molecule has 0 bridgehead atoms. The van der Waals surface area contributed by atoms with Crippen LogP contribution in [0.1, 0.15) is 13.8 Å². The predicted molar refractivity (Wildman–Crippen MR) is 48.4 cm³/mol. The maximum absolute atomic E-state index is 8.58. The van der Waals surface area contributed by atoms with Crippen molar-refractivity contribution in [2.24, 2.45) is 0 Å². The number of hydrogen-bond donors (Lipinski definition) is 2. The topological polar surface area (TPSA) is 40.5 Å². The van der Waals surface area contributed by atoms with Crippen molar-refractivity contribution in [1.82, 2.24) is 0 Å². The summed E-state index contributed by atoms with van der Waals surface area (Å²) in [4.78, 5) is 17.2. The van der Waals surface area contributed by atoms with Crippen molar-refractivity contribution < 1.29 is 9.79 Å². The Morgan fingerprint density at radius 1 is 1.22 bits per heavy atom. The molecule has 0 aromatic rings. The van der Waals surface area contributed by atoms with Gasteiger partial charge in [-0.3, -0.25) is 0 Å². The van der Waals surface area contributed by atoms with Crippen LogP contribution in [-0.4, -0.2) is 15.4 Å². The monoisotopic (exact) mass is 212 g/mol. The molecule has 0 aromatic carbocycles. The van der Waals surface area contributed by atoms with Crippen LogP contribution in [-0.2, 0) is 11.8 Å². The fourth-order valence-electron chi connectivity index (χ4n) is 0. The van der Waals surface area contributed by atoms with Gasteiger partial charge >= 0.3 is 0 Å². The van der Waals surface area contributed by atoms with Gasteiger partial charge in [0.25, 0.3) is 0 Å². The summed E-state index contributed by atoms with van der Waals surface area (Å²) >= 11 is 4.33. The molecule has 0 aliphatic heterocycles.